The van der Waals surface area contributed by atoms with E-state index < -0.39 is 6.04 Å². The maximum absolute atomic E-state index is 13.2. The third kappa shape index (κ3) is 6.10. The number of rotatable bonds is 8. The standard InChI is InChI=1S/C23H29ClN2O2/c1-16(2)14-25-23(28)18(4)26(15-20-11-6-5-9-17(20)3)22(27)13-19-10-7-8-12-21(19)24/h5-12,16,18H,13-15H2,1-4H3,(H,25,28)/t18-/m0/s1. The van der Waals surface area contributed by atoms with E-state index in [4.69, 9.17) is 11.6 Å². The second kappa shape index (κ2) is 10.3. The van der Waals surface area contributed by atoms with E-state index in [2.05, 4.69) is 5.32 Å². The van der Waals surface area contributed by atoms with Gasteiger partial charge < -0.3 is 10.2 Å². The lowest BCUT2D eigenvalue weighted by Crippen LogP contribution is -2.48. The summed E-state index contributed by atoms with van der Waals surface area (Å²) in [5.74, 6) is 0.0816. The summed E-state index contributed by atoms with van der Waals surface area (Å²) in [7, 11) is 0. The molecule has 0 heterocycles. The number of benzene rings is 2. The van der Waals surface area contributed by atoms with Crippen molar-refractivity contribution in [3.05, 3.63) is 70.2 Å². The van der Waals surface area contributed by atoms with Gasteiger partial charge in [-0.2, -0.15) is 0 Å². The minimum Gasteiger partial charge on any atom is -0.354 e. The fourth-order valence-corrected chi connectivity index (χ4v) is 3.11. The summed E-state index contributed by atoms with van der Waals surface area (Å²) in [5.41, 5.74) is 2.88. The van der Waals surface area contributed by atoms with Crippen molar-refractivity contribution in [2.24, 2.45) is 5.92 Å². The van der Waals surface area contributed by atoms with Crippen LogP contribution in [0.3, 0.4) is 0 Å². The van der Waals surface area contributed by atoms with Crippen LogP contribution in [-0.2, 0) is 22.6 Å². The lowest BCUT2D eigenvalue weighted by molar-refractivity contribution is -0.140. The van der Waals surface area contributed by atoms with Crippen molar-refractivity contribution < 1.29 is 9.59 Å². The van der Waals surface area contributed by atoms with Crippen LogP contribution in [0.1, 0.15) is 37.5 Å². The Labute approximate surface area is 172 Å². The van der Waals surface area contributed by atoms with E-state index >= 15 is 0 Å². The molecule has 0 unspecified atom stereocenters. The molecule has 0 aliphatic carbocycles. The van der Waals surface area contributed by atoms with E-state index in [1.807, 2.05) is 63.2 Å². The van der Waals surface area contributed by atoms with Crippen molar-refractivity contribution >= 4 is 23.4 Å². The molecule has 0 bridgehead atoms. The van der Waals surface area contributed by atoms with Crippen molar-refractivity contribution in [1.29, 1.82) is 0 Å². The van der Waals surface area contributed by atoms with Crippen molar-refractivity contribution in [3.8, 4) is 0 Å². The number of carbonyl (C=O) groups excluding carboxylic acids is 2. The van der Waals surface area contributed by atoms with Gasteiger partial charge in [0.15, 0.2) is 0 Å². The molecule has 0 spiro atoms. The van der Waals surface area contributed by atoms with Crippen LogP contribution >= 0.6 is 11.6 Å². The first-order chi connectivity index (χ1) is 13.3. The third-order valence-electron chi connectivity index (χ3n) is 4.75. The van der Waals surface area contributed by atoms with E-state index in [1.54, 1.807) is 17.9 Å². The predicted octanol–water partition coefficient (Wildman–Crippen LogP) is 4.38. The van der Waals surface area contributed by atoms with Gasteiger partial charge in [0.05, 0.1) is 6.42 Å². The van der Waals surface area contributed by atoms with Crippen LogP contribution < -0.4 is 5.32 Å². The van der Waals surface area contributed by atoms with Gasteiger partial charge in [-0.05, 0) is 42.5 Å². The minimum atomic E-state index is -0.576. The topological polar surface area (TPSA) is 49.4 Å². The van der Waals surface area contributed by atoms with Crippen molar-refractivity contribution in [2.75, 3.05) is 6.54 Å². The molecular weight excluding hydrogens is 372 g/mol. The van der Waals surface area contributed by atoms with E-state index in [0.717, 1.165) is 16.7 Å². The van der Waals surface area contributed by atoms with Crippen LogP contribution in [0.4, 0.5) is 0 Å². The molecule has 2 aromatic carbocycles. The van der Waals surface area contributed by atoms with Gasteiger partial charge in [-0.3, -0.25) is 9.59 Å². The molecule has 150 valence electrons. The summed E-state index contributed by atoms with van der Waals surface area (Å²) in [6.45, 7) is 8.83. The molecule has 0 saturated heterocycles. The average Bonchev–Trinajstić information content (AvgIpc) is 2.66. The van der Waals surface area contributed by atoms with Crippen molar-refractivity contribution in [1.82, 2.24) is 10.2 Å². The van der Waals surface area contributed by atoms with Gasteiger partial charge in [0.2, 0.25) is 11.8 Å². The molecule has 5 heteroatoms. The van der Waals surface area contributed by atoms with E-state index in [-0.39, 0.29) is 18.2 Å². The van der Waals surface area contributed by atoms with Crippen LogP contribution in [0.25, 0.3) is 0 Å². The Morgan fingerprint density at radius 1 is 1.00 bits per heavy atom. The lowest BCUT2D eigenvalue weighted by Gasteiger charge is -2.29. The second-order valence-electron chi connectivity index (χ2n) is 7.53. The summed E-state index contributed by atoms with van der Waals surface area (Å²) in [6, 6.07) is 14.6. The highest BCUT2D eigenvalue weighted by Crippen LogP contribution is 2.19. The zero-order valence-electron chi connectivity index (χ0n) is 17.0. The zero-order chi connectivity index (χ0) is 20.7. The van der Waals surface area contributed by atoms with Gasteiger partial charge in [-0.1, -0.05) is 67.9 Å². The first-order valence-corrected chi connectivity index (χ1v) is 10.0. The second-order valence-corrected chi connectivity index (χ2v) is 7.94. The van der Waals surface area contributed by atoms with E-state index in [9.17, 15) is 9.59 Å². The van der Waals surface area contributed by atoms with Crippen LogP contribution in [-0.4, -0.2) is 29.3 Å². The van der Waals surface area contributed by atoms with E-state index in [1.165, 1.54) is 0 Å². The highest BCUT2D eigenvalue weighted by Gasteiger charge is 2.27. The number of carbonyl (C=O) groups is 2. The molecule has 2 amide bonds. The fourth-order valence-electron chi connectivity index (χ4n) is 2.91. The molecule has 2 rings (SSSR count). The highest BCUT2D eigenvalue weighted by atomic mass is 35.5. The van der Waals surface area contributed by atoms with Gasteiger partial charge in [-0.15, -0.1) is 0 Å². The van der Waals surface area contributed by atoms with Crippen molar-refractivity contribution in [3.63, 3.8) is 0 Å². The molecule has 2 aromatic rings. The van der Waals surface area contributed by atoms with Crippen molar-refractivity contribution in [2.45, 2.75) is 46.7 Å². The molecule has 0 aliphatic rings. The third-order valence-corrected chi connectivity index (χ3v) is 5.12. The Morgan fingerprint density at radius 3 is 2.21 bits per heavy atom. The molecule has 28 heavy (non-hydrogen) atoms. The summed E-state index contributed by atoms with van der Waals surface area (Å²) in [4.78, 5) is 27.4. The van der Waals surface area contributed by atoms with Gasteiger partial charge in [0.25, 0.3) is 0 Å². The Bertz CT molecular complexity index is 820. The number of hydrogen-bond donors (Lipinski definition) is 1. The molecule has 1 atom stereocenters. The molecule has 1 N–H and O–H groups in total. The molecule has 0 radical (unpaired) electrons. The Morgan fingerprint density at radius 2 is 1.61 bits per heavy atom. The Hall–Kier alpha value is -2.33. The largest absolute Gasteiger partial charge is 0.354 e. The first-order valence-electron chi connectivity index (χ1n) is 9.64. The Kier molecular flexibility index (Phi) is 8.06. The first kappa shape index (κ1) is 22.0. The van der Waals surface area contributed by atoms with Gasteiger partial charge in [-0.25, -0.2) is 0 Å². The number of halogens is 1. The summed E-state index contributed by atoms with van der Waals surface area (Å²) >= 11 is 6.24. The number of aryl methyl sites for hydroxylation is 1. The van der Waals surface area contributed by atoms with Crippen LogP contribution in [0.15, 0.2) is 48.5 Å². The minimum absolute atomic E-state index is 0.122. The number of nitrogens with one attached hydrogen (secondary N) is 1. The molecule has 0 aromatic heterocycles. The molecule has 0 saturated carbocycles. The van der Waals surface area contributed by atoms with Crippen LogP contribution in [0.5, 0.6) is 0 Å². The van der Waals surface area contributed by atoms with Gasteiger partial charge in [0.1, 0.15) is 6.04 Å². The summed E-state index contributed by atoms with van der Waals surface area (Å²) < 4.78 is 0. The smallest absolute Gasteiger partial charge is 0.242 e. The SMILES string of the molecule is Cc1ccccc1CN(C(=O)Cc1ccccc1Cl)[C@@H](C)C(=O)NCC(C)C. The predicted molar refractivity (Wildman–Crippen MR) is 114 cm³/mol. The maximum Gasteiger partial charge on any atom is 0.242 e. The van der Waals surface area contributed by atoms with Gasteiger partial charge >= 0.3 is 0 Å². The van der Waals surface area contributed by atoms with E-state index in [0.29, 0.717) is 24.0 Å². The number of nitrogens with zero attached hydrogens (tertiary/aromatic N) is 1. The van der Waals surface area contributed by atoms with Crippen LogP contribution in [0, 0.1) is 12.8 Å². The zero-order valence-corrected chi connectivity index (χ0v) is 17.8. The summed E-state index contributed by atoms with van der Waals surface area (Å²) in [5, 5.41) is 3.49. The number of amides is 2. The average molecular weight is 401 g/mol. The fraction of sp³-hybridized carbons (Fsp3) is 0.391. The van der Waals surface area contributed by atoms with Gasteiger partial charge in [0, 0.05) is 18.1 Å². The normalized spacial score (nSPS) is 11.9. The molecular formula is C23H29ClN2O2. The lowest BCUT2D eigenvalue weighted by atomic mass is 10.1. The maximum atomic E-state index is 13.2. The molecule has 0 fully saturated rings. The quantitative estimate of drug-likeness (QED) is 0.714. The number of hydrogen-bond acceptors (Lipinski definition) is 2. The monoisotopic (exact) mass is 400 g/mol. The summed E-state index contributed by atoms with van der Waals surface area (Å²) in [6.07, 6.45) is 0.160. The Balaban J connectivity index is 2.24. The molecule has 4 nitrogen and oxygen atoms in total. The highest BCUT2D eigenvalue weighted by molar-refractivity contribution is 6.31. The van der Waals surface area contributed by atoms with Crippen LogP contribution in [0.2, 0.25) is 5.02 Å². The molecule has 0 aliphatic heterocycles.